The molecule has 0 radical (unpaired) electrons. The van der Waals surface area contributed by atoms with Crippen molar-refractivity contribution in [3.63, 3.8) is 0 Å². The van der Waals surface area contributed by atoms with E-state index < -0.39 is 6.29 Å². The van der Waals surface area contributed by atoms with Crippen LogP contribution < -0.4 is 0 Å². The van der Waals surface area contributed by atoms with Gasteiger partial charge in [0.2, 0.25) is 0 Å². The number of aliphatic hydroxyl groups is 2. The fourth-order valence-corrected chi connectivity index (χ4v) is 4.29. The van der Waals surface area contributed by atoms with Gasteiger partial charge in [0.1, 0.15) is 0 Å². The van der Waals surface area contributed by atoms with Crippen molar-refractivity contribution >= 4 is 0 Å². The molecule has 0 atom stereocenters. The van der Waals surface area contributed by atoms with Gasteiger partial charge in [-0.1, -0.05) is 155 Å². The van der Waals surface area contributed by atoms with E-state index in [0.717, 1.165) is 12.8 Å². The zero-order chi connectivity index (χ0) is 21.3. The summed E-state index contributed by atoms with van der Waals surface area (Å²) in [6, 6.07) is 0. The van der Waals surface area contributed by atoms with E-state index in [9.17, 15) is 0 Å². The van der Waals surface area contributed by atoms with Crippen LogP contribution in [0.2, 0.25) is 0 Å². The topological polar surface area (TPSA) is 40.5 Å². The predicted molar refractivity (Wildman–Crippen MR) is 129 cm³/mol. The van der Waals surface area contributed by atoms with Crippen LogP contribution in [0.3, 0.4) is 0 Å². The molecule has 0 aromatic carbocycles. The first-order valence-electron chi connectivity index (χ1n) is 13.6. The maximum atomic E-state index is 8.79. The lowest BCUT2D eigenvalue weighted by molar-refractivity contribution is -0.0466. The molecule has 2 nitrogen and oxygen atoms in total. The fraction of sp³-hybridized carbons (Fsp3) is 1.00. The summed E-state index contributed by atoms with van der Waals surface area (Å²) in [7, 11) is 0. The third-order valence-corrected chi connectivity index (χ3v) is 6.32. The van der Waals surface area contributed by atoms with Crippen LogP contribution in [-0.2, 0) is 0 Å². The molecule has 0 aliphatic heterocycles. The Balaban J connectivity index is 2.98. The normalized spacial score (nSPS) is 11.6. The second-order valence-corrected chi connectivity index (χ2v) is 9.40. The van der Waals surface area contributed by atoms with Gasteiger partial charge in [0, 0.05) is 0 Å². The molecule has 0 aliphatic rings. The van der Waals surface area contributed by atoms with E-state index in [1.54, 1.807) is 0 Å². The van der Waals surface area contributed by atoms with Gasteiger partial charge in [0.05, 0.1) is 0 Å². The van der Waals surface area contributed by atoms with Gasteiger partial charge >= 0.3 is 0 Å². The lowest BCUT2D eigenvalue weighted by Crippen LogP contribution is -2.02. The Morgan fingerprint density at radius 1 is 0.345 bits per heavy atom. The molecule has 0 aliphatic carbocycles. The zero-order valence-corrected chi connectivity index (χ0v) is 20.1. The van der Waals surface area contributed by atoms with Crippen molar-refractivity contribution in [1.82, 2.24) is 0 Å². The summed E-state index contributed by atoms with van der Waals surface area (Å²) in [6.45, 7) is 2.29. The van der Waals surface area contributed by atoms with Crippen LogP contribution in [0.5, 0.6) is 0 Å². The summed E-state index contributed by atoms with van der Waals surface area (Å²) in [5.41, 5.74) is 0. The second kappa shape index (κ2) is 26.0. The molecule has 0 fully saturated rings. The highest BCUT2D eigenvalue weighted by molar-refractivity contribution is 4.51. The van der Waals surface area contributed by atoms with Gasteiger partial charge in [-0.3, -0.25) is 0 Å². The third-order valence-electron chi connectivity index (χ3n) is 6.32. The molecule has 0 bridgehead atoms. The van der Waals surface area contributed by atoms with Crippen LogP contribution in [-0.4, -0.2) is 16.5 Å². The Morgan fingerprint density at radius 2 is 0.552 bits per heavy atom. The van der Waals surface area contributed by atoms with Gasteiger partial charge in [-0.25, -0.2) is 0 Å². The van der Waals surface area contributed by atoms with Gasteiger partial charge in [-0.2, -0.15) is 0 Å². The lowest BCUT2D eigenvalue weighted by atomic mass is 10.0. The molecule has 2 heteroatoms. The Hall–Kier alpha value is -0.0800. The quantitative estimate of drug-likeness (QED) is 0.116. The highest BCUT2D eigenvalue weighted by Crippen LogP contribution is 2.15. The number of rotatable bonds is 25. The monoisotopic (exact) mass is 412 g/mol. The summed E-state index contributed by atoms with van der Waals surface area (Å²) in [4.78, 5) is 0. The Bertz CT molecular complexity index is 278. The SMILES string of the molecule is CCCCCCCCCCCCCCCCCCCCCCCCCCC(O)O. The maximum absolute atomic E-state index is 8.79. The zero-order valence-electron chi connectivity index (χ0n) is 20.1. The number of hydrogen-bond donors (Lipinski definition) is 2. The first-order chi connectivity index (χ1) is 14.3. The lowest BCUT2D eigenvalue weighted by Gasteiger charge is -2.05. The standard InChI is InChI=1S/C27H56O2/c1-2-3-4-5-6-7-8-9-10-11-12-13-14-15-16-17-18-19-20-21-22-23-24-25-26-27(28)29/h27-29H,2-26H2,1H3. The van der Waals surface area contributed by atoms with Crippen molar-refractivity contribution in [2.24, 2.45) is 0 Å². The summed E-state index contributed by atoms with van der Waals surface area (Å²) < 4.78 is 0. The van der Waals surface area contributed by atoms with E-state index >= 15 is 0 Å². The van der Waals surface area contributed by atoms with E-state index in [-0.39, 0.29) is 0 Å². The van der Waals surface area contributed by atoms with Crippen LogP contribution >= 0.6 is 0 Å². The molecular formula is C27H56O2. The highest BCUT2D eigenvalue weighted by Gasteiger charge is 1.98. The largest absolute Gasteiger partial charge is 0.368 e. The molecule has 0 heterocycles. The summed E-state index contributed by atoms with van der Waals surface area (Å²) >= 11 is 0. The van der Waals surface area contributed by atoms with Gasteiger partial charge in [0.15, 0.2) is 6.29 Å². The minimum absolute atomic E-state index is 0.541. The van der Waals surface area contributed by atoms with E-state index in [0.29, 0.717) is 6.42 Å². The van der Waals surface area contributed by atoms with Crippen LogP contribution in [0.15, 0.2) is 0 Å². The number of aliphatic hydroxyl groups excluding tert-OH is 1. The van der Waals surface area contributed by atoms with Crippen LogP contribution in [0.1, 0.15) is 167 Å². The minimum atomic E-state index is -1.10. The maximum Gasteiger partial charge on any atom is 0.151 e. The summed E-state index contributed by atoms with van der Waals surface area (Å²) in [6.07, 6.45) is 33.0. The predicted octanol–water partition coefficient (Wildman–Crippen LogP) is 9.07. The van der Waals surface area contributed by atoms with Crippen molar-refractivity contribution in [3.05, 3.63) is 0 Å². The highest BCUT2D eigenvalue weighted by atomic mass is 16.5. The molecule has 2 N–H and O–H groups in total. The van der Waals surface area contributed by atoms with Gasteiger partial charge in [-0.15, -0.1) is 0 Å². The molecule has 0 saturated heterocycles. The molecule has 0 rings (SSSR count). The van der Waals surface area contributed by atoms with Crippen LogP contribution in [0.4, 0.5) is 0 Å². The average Bonchev–Trinajstić information content (AvgIpc) is 2.71. The molecule has 176 valence electrons. The first kappa shape index (κ1) is 28.9. The second-order valence-electron chi connectivity index (χ2n) is 9.40. The molecule has 0 aromatic rings. The van der Waals surface area contributed by atoms with Crippen molar-refractivity contribution in [2.45, 2.75) is 174 Å². The molecular weight excluding hydrogens is 356 g/mol. The molecule has 0 saturated carbocycles. The van der Waals surface area contributed by atoms with E-state index in [1.165, 1.54) is 141 Å². The molecule has 0 aromatic heterocycles. The van der Waals surface area contributed by atoms with Crippen molar-refractivity contribution < 1.29 is 10.2 Å². The van der Waals surface area contributed by atoms with Gasteiger partial charge < -0.3 is 10.2 Å². The molecule has 0 amide bonds. The molecule has 0 unspecified atom stereocenters. The number of hydrogen-bond acceptors (Lipinski definition) is 2. The smallest absolute Gasteiger partial charge is 0.151 e. The number of unbranched alkanes of at least 4 members (excludes halogenated alkanes) is 23. The first-order valence-corrected chi connectivity index (χ1v) is 13.6. The van der Waals surface area contributed by atoms with E-state index in [2.05, 4.69) is 6.92 Å². The van der Waals surface area contributed by atoms with Gasteiger partial charge in [0.25, 0.3) is 0 Å². The molecule has 29 heavy (non-hydrogen) atoms. The summed E-state index contributed by atoms with van der Waals surface area (Å²) in [5.74, 6) is 0. The van der Waals surface area contributed by atoms with Crippen molar-refractivity contribution in [1.29, 1.82) is 0 Å². The Kier molecular flexibility index (Phi) is 25.9. The van der Waals surface area contributed by atoms with Crippen molar-refractivity contribution in [2.75, 3.05) is 0 Å². The summed E-state index contributed by atoms with van der Waals surface area (Å²) in [5, 5.41) is 17.6. The average molecular weight is 413 g/mol. The Labute approximate surface area is 184 Å². The van der Waals surface area contributed by atoms with Gasteiger partial charge in [-0.05, 0) is 12.8 Å². The van der Waals surface area contributed by atoms with Crippen LogP contribution in [0.25, 0.3) is 0 Å². The van der Waals surface area contributed by atoms with Crippen LogP contribution in [0, 0.1) is 0 Å². The van der Waals surface area contributed by atoms with E-state index in [1.807, 2.05) is 0 Å². The minimum Gasteiger partial charge on any atom is -0.368 e. The third kappa shape index (κ3) is 27.9. The fourth-order valence-electron chi connectivity index (χ4n) is 4.29. The van der Waals surface area contributed by atoms with Crippen molar-refractivity contribution in [3.8, 4) is 0 Å². The van der Waals surface area contributed by atoms with E-state index in [4.69, 9.17) is 10.2 Å². The molecule has 0 spiro atoms. The Morgan fingerprint density at radius 3 is 0.759 bits per heavy atom.